The highest BCUT2D eigenvalue weighted by Gasteiger charge is 2.16. The van der Waals surface area contributed by atoms with Crippen molar-refractivity contribution in [3.8, 4) is 11.4 Å². The molecule has 0 fully saturated rings. The van der Waals surface area contributed by atoms with Crippen molar-refractivity contribution in [1.82, 2.24) is 25.2 Å². The Morgan fingerprint density at radius 1 is 1.31 bits per heavy atom. The number of nitrogens with zero attached hydrogens (tertiary/aromatic N) is 4. The Balaban J connectivity index is 1.60. The van der Waals surface area contributed by atoms with Crippen LogP contribution in [0.15, 0.2) is 53.9 Å². The number of halogens is 1. The first-order chi connectivity index (χ1) is 12.6. The van der Waals surface area contributed by atoms with E-state index in [2.05, 4.69) is 20.5 Å². The number of pyridine rings is 1. The van der Waals surface area contributed by atoms with Crippen LogP contribution in [0.1, 0.15) is 18.5 Å². The van der Waals surface area contributed by atoms with Crippen LogP contribution in [0.2, 0.25) is 5.02 Å². The Morgan fingerprint density at radius 3 is 2.85 bits per heavy atom. The molecule has 1 amide bonds. The minimum atomic E-state index is -0.196. The molecule has 0 aliphatic rings. The molecule has 9 heteroatoms. The number of hydrogen-bond donors (Lipinski definition) is 2. The van der Waals surface area contributed by atoms with Crippen LogP contribution in [0.3, 0.4) is 0 Å². The fourth-order valence-electron chi connectivity index (χ4n) is 2.38. The summed E-state index contributed by atoms with van der Waals surface area (Å²) in [4.78, 5) is 16.3. The van der Waals surface area contributed by atoms with Gasteiger partial charge in [0.05, 0.1) is 11.8 Å². The average molecular weight is 389 g/mol. The Labute approximate surface area is 159 Å². The number of aromatic nitrogens is 4. The smallest absolute Gasteiger partial charge is 0.230 e. The molecule has 0 bridgehead atoms. The maximum Gasteiger partial charge on any atom is 0.230 e. The van der Waals surface area contributed by atoms with E-state index in [1.807, 2.05) is 31.2 Å². The molecule has 26 heavy (non-hydrogen) atoms. The molecule has 0 radical (unpaired) electrons. The van der Waals surface area contributed by atoms with E-state index in [4.69, 9.17) is 17.4 Å². The van der Waals surface area contributed by atoms with Crippen LogP contribution in [-0.4, -0.2) is 31.5 Å². The molecule has 0 saturated carbocycles. The molecule has 0 aliphatic carbocycles. The Morgan fingerprint density at radius 2 is 2.12 bits per heavy atom. The molecule has 1 aromatic carbocycles. The van der Waals surface area contributed by atoms with Gasteiger partial charge >= 0.3 is 0 Å². The lowest BCUT2D eigenvalue weighted by Crippen LogP contribution is -2.28. The summed E-state index contributed by atoms with van der Waals surface area (Å²) in [6, 6.07) is 10.9. The largest absolute Gasteiger partial charge is 0.349 e. The van der Waals surface area contributed by atoms with Crippen molar-refractivity contribution in [3.05, 3.63) is 59.4 Å². The monoisotopic (exact) mass is 388 g/mol. The van der Waals surface area contributed by atoms with Crippen LogP contribution >= 0.6 is 23.4 Å². The van der Waals surface area contributed by atoms with Crippen molar-refractivity contribution in [2.45, 2.75) is 18.1 Å². The highest BCUT2D eigenvalue weighted by molar-refractivity contribution is 7.99. The highest BCUT2D eigenvalue weighted by Crippen LogP contribution is 2.23. The normalized spacial score (nSPS) is 11.9. The molecule has 0 saturated heterocycles. The molecular weight excluding hydrogens is 372 g/mol. The van der Waals surface area contributed by atoms with Gasteiger partial charge in [-0.3, -0.25) is 9.78 Å². The molecular formula is C17H17ClN6OS. The summed E-state index contributed by atoms with van der Waals surface area (Å²) in [5.74, 6) is 6.54. The van der Waals surface area contributed by atoms with Crippen LogP contribution in [0.4, 0.5) is 0 Å². The zero-order valence-electron chi connectivity index (χ0n) is 14.0. The fourth-order valence-corrected chi connectivity index (χ4v) is 3.35. The second kappa shape index (κ2) is 8.20. The minimum absolute atomic E-state index is 0.145. The summed E-state index contributed by atoms with van der Waals surface area (Å²) in [5.41, 5.74) is 1.62. The lowest BCUT2D eigenvalue weighted by atomic mass is 10.1. The maximum atomic E-state index is 12.2. The third-order valence-electron chi connectivity index (χ3n) is 3.67. The molecule has 1 atom stereocenters. The fraction of sp³-hybridized carbons (Fsp3) is 0.176. The lowest BCUT2D eigenvalue weighted by molar-refractivity contribution is -0.119. The number of benzene rings is 1. The SMILES string of the molecule is C[C@H](NC(=O)CSc1nnc(-c2cccnc2)n1N)c1ccccc1Cl. The zero-order valence-corrected chi connectivity index (χ0v) is 15.5. The van der Waals surface area contributed by atoms with E-state index in [1.165, 1.54) is 16.4 Å². The van der Waals surface area contributed by atoms with E-state index >= 15 is 0 Å². The summed E-state index contributed by atoms with van der Waals surface area (Å²) in [6.07, 6.45) is 3.32. The minimum Gasteiger partial charge on any atom is -0.349 e. The van der Waals surface area contributed by atoms with E-state index in [0.717, 1.165) is 11.1 Å². The first-order valence-corrected chi connectivity index (χ1v) is 9.20. The zero-order chi connectivity index (χ0) is 18.5. The van der Waals surface area contributed by atoms with E-state index < -0.39 is 0 Å². The number of nitrogens with one attached hydrogen (secondary N) is 1. The first-order valence-electron chi connectivity index (χ1n) is 7.83. The van der Waals surface area contributed by atoms with Crippen molar-refractivity contribution in [1.29, 1.82) is 0 Å². The predicted molar refractivity (Wildman–Crippen MR) is 102 cm³/mol. The number of nitrogen functional groups attached to an aromatic ring is 1. The number of rotatable bonds is 6. The summed E-state index contributed by atoms with van der Waals surface area (Å²) in [6.45, 7) is 1.88. The van der Waals surface area contributed by atoms with Gasteiger partial charge in [-0.1, -0.05) is 41.6 Å². The van der Waals surface area contributed by atoms with E-state index in [1.54, 1.807) is 24.5 Å². The third-order valence-corrected chi connectivity index (χ3v) is 4.95. The van der Waals surface area contributed by atoms with Crippen molar-refractivity contribution >= 4 is 29.3 Å². The van der Waals surface area contributed by atoms with Gasteiger partial charge < -0.3 is 11.2 Å². The van der Waals surface area contributed by atoms with Crippen LogP contribution < -0.4 is 11.2 Å². The molecule has 2 aromatic heterocycles. The number of hydrogen-bond acceptors (Lipinski definition) is 6. The molecule has 2 heterocycles. The van der Waals surface area contributed by atoms with Crippen LogP contribution in [-0.2, 0) is 4.79 Å². The summed E-state index contributed by atoms with van der Waals surface area (Å²) < 4.78 is 1.35. The molecule has 0 unspecified atom stereocenters. The summed E-state index contributed by atoms with van der Waals surface area (Å²) >= 11 is 7.37. The van der Waals surface area contributed by atoms with Crippen molar-refractivity contribution in [2.24, 2.45) is 0 Å². The Kier molecular flexibility index (Phi) is 5.75. The third kappa shape index (κ3) is 4.14. The second-order valence-electron chi connectivity index (χ2n) is 5.52. The number of amides is 1. The van der Waals surface area contributed by atoms with Gasteiger partial charge in [-0.2, -0.15) is 0 Å². The maximum absolute atomic E-state index is 12.2. The number of nitrogens with two attached hydrogens (primary N) is 1. The van der Waals surface area contributed by atoms with Gasteiger partial charge in [0, 0.05) is 23.0 Å². The summed E-state index contributed by atoms with van der Waals surface area (Å²) in [7, 11) is 0. The Bertz CT molecular complexity index is 901. The second-order valence-corrected chi connectivity index (χ2v) is 6.87. The topological polar surface area (TPSA) is 98.7 Å². The number of carbonyl (C=O) groups excluding carboxylic acids is 1. The van der Waals surface area contributed by atoms with Gasteiger partial charge in [0.25, 0.3) is 0 Å². The van der Waals surface area contributed by atoms with Crippen LogP contribution in [0, 0.1) is 0 Å². The quantitative estimate of drug-likeness (QED) is 0.497. The standard InChI is InChI=1S/C17H17ClN6OS/c1-11(13-6-2-3-7-14(13)18)21-15(25)10-26-17-23-22-16(24(17)19)12-5-4-8-20-9-12/h2-9,11H,10,19H2,1H3,(H,21,25)/t11-/m0/s1. The van der Waals surface area contributed by atoms with Crippen LogP contribution in [0.25, 0.3) is 11.4 Å². The van der Waals surface area contributed by atoms with E-state index in [-0.39, 0.29) is 17.7 Å². The number of thioether (sulfide) groups is 1. The van der Waals surface area contributed by atoms with Gasteiger partial charge in [0.1, 0.15) is 0 Å². The lowest BCUT2D eigenvalue weighted by Gasteiger charge is -2.15. The van der Waals surface area contributed by atoms with Gasteiger partial charge in [-0.25, -0.2) is 4.68 Å². The predicted octanol–water partition coefficient (Wildman–Crippen LogP) is 2.68. The number of carbonyl (C=O) groups is 1. The van der Waals surface area contributed by atoms with Crippen molar-refractivity contribution in [2.75, 3.05) is 11.6 Å². The molecule has 0 aliphatic heterocycles. The molecule has 0 spiro atoms. The van der Waals surface area contributed by atoms with E-state index in [9.17, 15) is 4.79 Å². The molecule has 7 nitrogen and oxygen atoms in total. The van der Waals surface area contributed by atoms with Gasteiger partial charge in [0.2, 0.25) is 11.1 Å². The first kappa shape index (κ1) is 18.2. The summed E-state index contributed by atoms with van der Waals surface area (Å²) in [5, 5.41) is 12.1. The van der Waals surface area contributed by atoms with Crippen molar-refractivity contribution < 1.29 is 4.79 Å². The molecule has 134 valence electrons. The van der Waals surface area contributed by atoms with Crippen molar-refractivity contribution in [3.63, 3.8) is 0 Å². The van der Waals surface area contributed by atoms with Gasteiger partial charge in [-0.05, 0) is 30.7 Å². The van der Waals surface area contributed by atoms with Gasteiger partial charge in [0.15, 0.2) is 5.82 Å². The average Bonchev–Trinajstić information content (AvgIpc) is 3.01. The van der Waals surface area contributed by atoms with Crippen LogP contribution in [0.5, 0.6) is 0 Å². The highest BCUT2D eigenvalue weighted by atomic mass is 35.5. The van der Waals surface area contributed by atoms with Gasteiger partial charge in [-0.15, -0.1) is 10.2 Å². The molecule has 3 rings (SSSR count). The van der Waals surface area contributed by atoms with E-state index in [0.29, 0.717) is 16.0 Å². The molecule has 3 N–H and O–H groups in total. The molecule has 3 aromatic rings. The Hall–Kier alpha value is -2.58.